The van der Waals surface area contributed by atoms with Crippen LogP contribution in [-0.4, -0.2) is 43.8 Å². The molecule has 0 aromatic heterocycles. The highest BCUT2D eigenvalue weighted by molar-refractivity contribution is 9.10. The van der Waals surface area contributed by atoms with E-state index in [1.807, 2.05) is 30.3 Å². The van der Waals surface area contributed by atoms with Gasteiger partial charge in [0.1, 0.15) is 12.6 Å². The van der Waals surface area contributed by atoms with E-state index in [4.69, 9.17) is 23.2 Å². The highest BCUT2D eigenvalue weighted by Crippen LogP contribution is 2.28. The maximum Gasteiger partial charge on any atom is 0.264 e. The van der Waals surface area contributed by atoms with Crippen LogP contribution < -0.4 is 9.62 Å². The largest absolute Gasteiger partial charge is 0.352 e. The Morgan fingerprint density at radius 3 is 2.13 bits per heavy atom. The number of amides is 2. The molecule has 5 rings (SSSR count). The third-order valence-electron chi connectivity index (χ3n) is 8.30. The molecule has 1 atom stereocenters. The summed E-state index contributed by atoms with van der Waals surface area (Å²) in [5.41, 5.74) is 1.74. The first kappa shape index (κ1) is 35.0. The van der Waals surface area contributed by atoms with E-state index in [0.29, 0.717) is 21.3 Å². The normalized spacial score (nSPS) is 14.3. The maximum absolute atomic E-state index is 14.6. The highest BCUT2D eigenvalue weighted by atomic mass is 79.9. The molecule has 1 aliphatic carbocycles. The van der Waals surface area contributed by atoms with Crippen molar-refractivity contribution in [2.24, 2.45) is 0 Å². The van der Waals surface area contributed by atoms with Crippen LogP contribution in [0.5, 0.6) is 0 Å². The number of hydrogen-bond donors (Lipinski definition) is 1. The summed E-state index contributed by atoms with van der Waals surface area (Å²) < 4.78 is 30.1. The Balaban J connectivity index is 1.57. The van der Waals surface area contributed by atoms with Gasteiger partial charge in [-0.25, -0.2) is 8.42 Å². The van der Waals surface area contributed by atoms with E-state index in [2.05, 4.69) is 21.2 Å². The molecule has 1 saturated carbocycles. The Morgan fingerprint density at radius 1 is 0.851 bits per heavy atom. The van der Waals surface area contributed by atoms with Gasteiger partial charge in [0.25, 0.3) is 10.0 Å². The fraction of sp³-hybridized carbons (Fsp3) is 0.278. The number of hydrogen-bond acceptors (Lipinski definition) is 4. The third-order valence-corrected chi connectivity index (χ3v) is 11.2. The topological polar surface area (TPSA) is 86.8 Å². The SMILES string of the molecule is O=C(NC1CCCCC1)[C@@H](Cc1ccccc1)N(Cc1ccc(Cl)cc1Cl)C(=O)CN(c1ccc(Br)cc1)S(=O)(=O)c1ccccc1. The van der Waals surface area contributed by atoms with Gasteiger partial charge >= 0.3 is 0 Å². The first-order valence-corrected chi connectivity index (χ1v) is 18.5. The lowest BCUT2D eigenvalue weighted by molar-refractivity contribution is -0.140. The quantitative estimate of drug-likeness (QED) is 0.159. The minimum Gasteiger partial charge on any atom is -0.352 e. The minimum absolute atomic E-state index is 0.00307. The van der Waals surface area contributed by atoms with Crippen molar-refractivity contribution in [2.75, 3.05) is 10.8 Å². The molecule has 2 amide bonds. The Hall–Kier alpha value is -3.37. The molecule has 0 unspecified atom stereocenters. The molecule has 0 radical (unpaired) electrons. The van der Waals surface area contributed by atoms with Crippen LogP contribution in [0.1, 0.15) is 43.2 Å². The summed E-state index contributed by atoms with van der Waals surface area (Å²) in [5.74, 6) is -0.849. The summed E-state index contributed by atoms with van der Waals surface area (Å²) in [6, 6.07) is 28.2. The summed E-state index contributed by atoms with van der Waals surface area (Å²) in [6.45, 7) is -0.587. The second kappa shape index (κ2) is 16.2. The van der Waals surface area contributed by atoms with E-state index < -0.39 is 28.5 Å². The Labute approximate surface area is 295 Å². The fourth-order valence-electron chi connectivity index (χ4n) is 5.79. The number of benzene rings is 4. The van der Waals surface area contributed by atoms with Gasteiger partial charge in [0.15, 0.2) is 0 Å². The third kappa shape index (κ3) is 9.16. The molecular weight excluding hydrogens is 721 g/mol. The van der Waals surface area contributed by atoms with Crippen LogP contribution in [0.4, 0.5) is 5.69 Å². The van der Waals surface area contributed by atoms with Gasteiger partial charge in [0, 0.05) is 33.5 Å². The van der Waals surface area contributed by atoms with Gasteiger partial charge in [-0.3, -0.25) is 13.9 Å². The molecule has 0 saturated heterocycles. The van der Waals surface area contributed by atoms with Gasteiger partial charge in [0.05, 0.1) is 10.6 Å². The number of anilines is 1. The molecular formula is C36H36BrCl2N3O4S. The number of halogens is 3. The molecule has 1 fully saturated rings. The van der Waals surface area contributed by atoms with Crippen LogP contribution in [0.25, 0.3) is 0 Å². The minimum atomic E-state index is -4.18. The molecule has 4 aromatic rings. The molecule has 0 bridgehead atoms. The lowest BCUT2D eigenvalue weighted by atomic mass is 9.94. The van der Waals surface area contributed by atoms with E-state index in [-0.39, 0.29) is 29.8 Å². The van der Waals surface area contributed by atoms with Crippen molar-refractivity contribution in [3.8, 4) is 0 Å². The molecule has 7 nitrogen and oxygen atoms in total. The Kier molecular flexibility index (Phi) is 12.0. The molecule has 0 heterocycles. The number of nitrogens with zero attached hydrogens (tertiary/aromatic N) is 2. The summed E-state index contributed by atoms with van der Waals surface area (Å²) in [6.07, 6.45) is 5.13. The summed E-state index contributed by atoms with van der Waals surface area (Å²) in [5, 5.41) is 3.98. The number of carbonyl (C=O) groups excluding carboxylic acids is 2. The maximum atomic E-state index is 14.6. The summed E-state index contributed by atoms with van der Waals surface area (Å²) >= 11 is 16.2. The standard InChI is InChI=1S/C36H36BrCl2N3O4S/c37-28-17-20-31(21-18-28)42(47(45,46)32-14-8-3-9-15-32)25-35(43)41(24-27-16-19-29(38)23-33(27)39)34(22-26-10-4-1-5-11-26)36(44)40-30-12-6-2-7-13-30/h1,3-5,8-11,14-21,23,30,34H,2,6-7,12-13,22,24-25H2,(H,40,44)/t34-/m1/s1. The average Bonchev–Trinajstić information content (AvgIpc) is 3.07. The lowest BCUT2D eigenvalue weighted by Gasteiger charge is -2.35. The van der Waals surface area contributed by atoms with E-state index in [1.54, 1.807) is 60.7 Å². The summed E-state index contributed by atoms with van der Waals surface area (Å²) in [4.78, 5) is 30.3. The fourth-order valence-corrected chi connectivity index (χ4v) is 7.96. The van der Waals surface area contributed by atoms with Crippen molar-refractivity contribution in [1.29, 1.82) is 0 Å². The number of carbonyl (C=O) groups is 2. The van der Waals surface area contributed by atoms with Crippen molar-refractivity contribution in [2.45, 2.75) is 62.0 Å². The van der Waals surface area contributed by atoms with Crippen LogP contribution in [-0.2, 0) is 32.6 Å². The molecule has 47 heavy (non-hydrogen) atoms. The highest BCUT2D eigenvalue weighted by Gasteiger charge is 2.35. The first-order valence-electron chi connectivity index (χ1n) is 15.5. The van der Waals surface area contributed by atoms with Gasteiger partial charge in [-0.2, -0.15) is 0 Å². The van der Waals surface area contributed by atoms with Gasteiger partial charge in [0.2, 0.25) is 11.8 Å². The lowest BCUT2D eigenvalue weighted by Crippen LogP contribution is -2.55. The molecule has 1 N–H and O–H groups in total. The second-order valence-corrected chi connectivity index (χ2v) is 15.2. The van der Waals surface area contributed by atoms with Gasteiger partial charge in [-0.15, -0.1) is 0 Å². The van der Waals surface area contributed by atoms with E-state index in [0.717, 1.165) is 46.4 Å². The Bertz CT molecular complexity index is 1770. The van der Waals surface area contributed by atoms with Crippen LogP contribution in [0.2, 0.25) is 10.0 Å². The molecule has 0 spiro atoms. The molecule has 11 heteroatoms. The van der Waals surface area contributed by atoms with Crippen molar-refractivity contribution < 1.29 is 18.0 Å². The molecule has 0 aliphatic heterocycles. The van der Waals surface area contributed by atoms with Crippen molar-refractivity contribution in [1.82, 2.24) is 10.2 Å². The van der Waals surface area contributed by atoms with Crippen LogP contribution in [0.3, 0.4) is 0 Å². The smallest absolute Gasteiger partial charge is 0.264 e. The summed E-state index contributed by atoms with van der Waals surface area (Å²) in [7, 11) is -4.18. The molecule has 4 aromatic carbocycles. The average molecular weight is 758 g/mol. The molecule has 246 valence electrons. The number of sulfonamides is 1. The van der Waals surface area contributed by atoms with Crippen molar-refractivity contribution in [3.05, 3.63) is 129 Å². The monoisotopic (exact) mass is 755 g/mol. The van der Waals surface area contributed by atoms with E-state index >= 15 is 0 Å². The zero-order valence-electron chi connectivity index (χ0n) is 25.7. The van der Waals surface area contributed by atoms with E-state index in [9.17, 15) is 18.0 Å². The number of rotatable bonds is 12. The van der Waals surface area contributed by atoms with Gasteiger partial charge < -0.3 is 10.2 Å². The predicted octanol–water partition coefficient (Wildman–Crippen LogP) is 8.04. The zero-order chi connectivity index (χ0) is 33.4. The zero-order valence-corrected chi connectivity index (χ0v) is 29.6. The second-order valence-electron chi connectivity index (χ2n) is 11.6. The predicted molar refractivity (Wildman–Crippen MR) is 191 cm³/mol. The Morgan fingerprint density at radius 2 is 1.49 bits per heavy atom. The van der Waals surface area contributed by atoms with Crippen LogP contribution in [0, 0.1) is 0 Å². The number of nitrogens with one attached hydrogen (secondary N) is 1. The first-order chi connectivity index (χ1) is 22.6. The van der Waals surface area contributed by atoms with Gasteiger partial charge in [-0.05, 0) is 72.5 Å². The van der Waals surface area contributed by atoms with Crippen LogP contribution >= 0.6 is 39.1 Å². The van der Waals surface area contributed by atoms with Gasteiger partial charge in [-0.1, -0.05) is 113 Å². The van der Waals surface area contributed by atoms with Crippen molar-refractivity contribution >= 4 is 66.7 Å². The van der Waals surface area contributed by atoms with Crippen molar-refractivity contribution in [3.63, 3.8) is 0 Å². The van der Waals surface area contributed by atoms with E-state index in [1.165, 1.54) is 17.0 Å². The van der Waals surface area contributed by atoms with Crippen LogP contribution in [0.15, 0.2) is 112 Å². The molecule has 1 aliphatic rings.